The number of amides is 2. The molecule has 1 aliphatic heterocycles. The molecule has 0 spiro atoms. The van der Waals surface area contributed by atoms with Crippen LogP contribution in [0.1, 0.15) is 25.8 Å². The minimum absolute atomic E-state index is 0.246. The van der Waals surface area contributed by atoms with Gasteiger partial charge in [-0.2, -0.15) is 0 Å². The molecule has 2 rings (SSSR count). The molecular formula is C18H22BrNO5S. The third-order valence-electron chi connectivity index (χ3n) is 3.47. The van der Waals surface area contributed by atoms with Crippen LogP contribution in [-0.2, 0) is 9.53 Å². The highest BCUT2D eigenvalue weighted by Gasteiger charge is 2.34. The van der Waals surface area contributed by atoms with Gasteiger partial charge in [-0.3, -0.25) is 14.5 Å². The van der Waals surface area contributed by atoms with E-state index in [0.29, 0.717) is 36.2 Å². The van der Waals surface area contributed by atoms with E-state index in [1.54, 1.807) is 6.08 Å². The molecule has 1 aromatic carbocycles. The standard InChI is InChI=1S/C18H22BrNO5S/c1-4-7-25-16-13(19)9-12(10-14(16)24-5-2)11-15-17(21)20(6-8-23-3)18(22)26-15/h9-11H,4-8H2,1-3H3/b15-11-. The molecule has 26 heavy (non-hydrogen) atoms. The molecule has 0 aliphatic carbocycles. The van der Waals surface area contributed by atoms with E-state index in [2.05, 4.69) is 15.9 Å². The van der Waals surface area contributed by atoms with Crippen LogP contribution >= 0.6 is 27.7 Å². The number of carbonyl (C=O) groups is 2. The minimum Gasteiger partial charge on any atom is -0.490 e. The summed E-state index contributed by atoms with van der Waals surface area (Å²) in [5.41, 5.74) is 0.751. The second-order valence-corrected chi connectivity index (χ2v) is 7.29. The Kier molecular flexibility index (Phi) is 7.99. The SMILES string of the molecule is CCCOc1c(Br)cc(/C=C2\SC(=O)N(CCOC)C2=O)cc1OCC. The van der Waals surface area contributed by atoms with Gasteiger partial charge in [-0.05, 0) is 64.8 Å². The number of methoxy groups -OCH3 is 1. The second-order valence-electron chi connectivity index (χ2n) is 5.44. The Hall–Kier alpha value is -1.51. The predicted molar refractivity (Wildman–Crippen MR) is 106 cm³/mol. The molecule has 1 aliphatic rings. The zero-order chi connectivity index (χ0) is 19.1. The van der Waals surface area contributed by atoms with E-state index >= 15 is 0 Å². The van der Waals surface area contributed by atoms with Gasteiger partial charge in [-0.1, -0.05) is 6.92 Å². The van der Waals surface area contributed by atoms with Crippen molar-refractivity contribution in [2.24, 2.45) is 0 Å². The molecule has 142 valence electrons. The monoisotopic (exact) mass is 443 g/mol. The van der Waals surface area contributed by atoms with Crippen LogP contribution in [0.2, 0.25) is 0 Å². The molecule has 0 saturated carbocycles. The van der Waals surface area contributed by atoms with E-state index in [1.807, 2.05) is 26.0 Å². The quantitative estimate of drug-likeness (QED) is 0.529. The molecule has 2 amide bonds. The van der Waals surface area contributed by atoms with Gasteiger partial charge < -0.3 is 14.2 Å². The summed E-state index contributed by atoms with van der Waals surface area (Å²) in [4.78, 5) is 26.0. The van der Waals surface area contributed by atoms with E-state index < -0.39 is 0 Å². The number of hydrogen-bond donors (Lipinski definition) is 0. The number of carbonyl (C=O) groups excluding carboxylic acids is 2. The van der Waals surface area contributed by atoms with Crippen molar-refractivity contribution in [1.29, 1.82) is 0 Å². The number of benzene rings is 1. The molecule has 1 heterocycles. The highest BCUT2D eigenvalue weighted by molar-refractivity contribution is 9.10. The Morgan fingerprint density at radius 1 is 1.19 bits per heavy atom. The predicted octanol–water partition coefficient (Wildman–Crippen LogP) is 4.32. The largest absolute Gasteiger partial charge is 0.490 e. The average molecular weight is 444 g/mol. The van der Waals surface area contributed by atoms with Gasteiger partial charge in [0.2, 0.25) is 0 Å². The van der Waals surface area contributed by atoms with E-state index in [9.17, 15) is 9.59 Å². The summed E-state index contributed by atoms with van der Waals surface area (Å²) < 4.78 is 17.1. The van der Waals surface area contributed by atoms with Crippen LogP contribution in [0, 0.1) is 0 Å². The van der Waals surface area contributed by atoms with Crippen molar-refractivity contribution in [3.8, 4) is 11.5 Å². The maximum absolute atomic E-state index is 12.4. The van der Waals surface area contributed by atoms with Crippen molar-refractivity contribution >= 4 is 44.9 Å². The van der Waals surface area contributed by atoms with Crippen molar-refractivity contribution in [2.75, 3.05) is 33.5 Å². The lowest BCUT2D eigenvalue weighted by molar-refractivity contribution is -0.123. The third kappa shape index (κ3) is 5.02. The topological polar surface area (TPSA) is 65.1 Å². The Bertz CT molecular complexity index is 707. The molecule has 0 N–H and O–H groups in total. The molecule has 6 nitrogen and oxygen atoms in total. The number of ether oxygens (including phenoxy) is 3. The van der Waals surface area contributed by atoms with Crippen molar-refractivity contribution in [3.63, 3.8) is 0 Å². The highest BCUT2D eigenvalue weighted by Crippen LogP contribution is 2.39. The van der Waals surface area contributed by atoms with E-state index in [4.69, 9.17) is 14.2 Å². The van der Waals surface area contributed by atoms with Crippen molar-refractivity contribution in [1.82, 2.24) is 4.90 Å². The third-order valence-corrected chi connectivity index (χ3v) is 4.97. The van der Waals surface area contributed by atoms with Crippen LogP contribution in [0.15, 0.2) is 21.5 Å². The van der Waals surface area contributed by atoms with Gasteiger partial charge >= 0.3 is 0 Å². The zero-order valence-electron chi connectivity index (χ0n) is 15.0. The van der Waals surface area contributed by atoms with Crippen LogP contribution in [-0.4, -0.2) is 49.5 Å². The lowest BCUT2D eigenvalue weighted by Crippen LogP contribution is -2.31. The number of thioether (sulfide) groups is 1. The van der Waals surface area contributed by atoms with Crippen molar-refractivity contribution < 1.29 is 23.8 Å². The first-order valence-corrected chi connectivity index (χ1v) is 9.96. The van der Waals surface area contributed by atoms with E-state index in [1.165, 1.54) is 12.0 Å². The van der Waals surface area contributed by atoms with E-state index in [-0.39, 0.29) is 17.7 Å². The maximum Gasteiger partial charge on any atom is 0.293 e. The lowest BCUT2D eigenvalue weighted by Gasteiger charge is -2.14. The van der Waals surface area contributed by atoms with Gasteiger partial charge in [0, 0.05) is 7.11 Å². The Morgan fingerprint density at radius 2 is 1.96 bits per heavy atom. The summed E-state index contributed by atoms with van der Waals surface area (Å²) in [5, 5.41) is -0.287. The first-order chi connectivity index (χ1) is 12.5. The van der Waals surface area contributed by atoms with Gasteiger partial charge in [0.1, 0.15) is 0 Å². The van der Waals surface area contributed by atoms with Gasteiger partial charge in [0.25, 0.3) is 11.1 Å². The van der Waals surface area contributed by atoms with Crippen LogP contribution in [0.25, 0.3) is 6.08 Å². The summed E-state index contributed by atoms with van der Waals surface area (Å²) in [5.74, 6) is 0.927. The van der Waals surface area contributed by atoms with Crippen LogP contribution in [0.5, 0.6) is 11.5 Å². The molecule has 1 saturated heterocycles. The van der Waals surface area contributed by atoms with Gasteiger partial charge in [-0.15, -0.1) is 0 Å². The molecule has 0 radical (unpaired) electrons. The summed E-state index contributed by atoms with van der Waals surface area (Å²) in [7, 11) is 1.53. The first-order valence-electron chi connectivity index (χ1n) is 8.35. The second kappa shape index (κ2) is 9.99. The smallest absolute Gasteiger partial charge is 0.293 e. The normalized spacial score (nSPS) is 15.8. The average Bonchev–Trinajstić information content (AvgIpc) is 2.86. The molecule has 1 aromatic rings. The Labute approximate surface area is 166 Å². The maximum atomic E-state index is 12.4. The fourth-order valence-corrected chi connectivity index (χ4v) is 3.74. The molecule has 1 fully saturated rings. The number of hydrogen-bond acceptors (Lipinski definition) is 6. The van der Waals surface area contributed by atoms with Crippen molar-refractivity contribution in [2.45, 2.75) is 20.3 Å². The van der Waals surface area contributed by atoms with Gasteiger partial charge in [0.15, 0.2) is 11.5 Å². The Balaban J connectivity index is 2.29. The fourth-order valence-electron chi connectivity index (χ4n) is 2.31. The fraction of sp³-hybridized carbons (Fsp3) is 0.444. The number of nitrogens with zero attached hydrogens (tertiary/aromatic N) is 1. The molecule has 0 aromatic heterocycles. The van der Waals surface area contributed by atoms with E-state index in [0.717, 1.165) is 28.2 Å². The molecular weight excluding hydrogens is 422 g/mol. The lowest BCUT2D eigenvalue weighted by atomic mass is 10.2. The van der Waals surface area contributed by atoms with Crippen LogP contribution in [0.3, 0.4) is 0 Å². The zero-order valence-corrected chi connectivity index (χ0v) is 17.4. The number of rotatable bonds is 9. The summed E-state index contributed by atoms with van der Waals surface area (Å²) in [6.07, 6.45) is 2.57. The molecule has 8 heteroatoms. The number of imide groups is 1. The summed E-state index contributed by atoms with van der Waals surface area (Å²) in [6, 6.07) is 3.65. The summed E-state index contributed by atoms with van der Waals surface area (Å²) >= 11 is 4.43. The Morgan fingerprint density at radius 3 is 2.62 bits per heavy atom. The van der Waals surface area contributed by atoms with Crippen molar-refractivity contribution in [3.05, 3.63) is 27.1 Å². The van der Waals surface area contributed by atoms with Crippen LogP contribution in [0.4, 0.5) is 4.79 Å². The van der Waals surface area contributed by atoms with Gasteiger partial charge in [-0.25, -0.2) is 0 Å². The molecule has 0 atom stereocenters. The van der Waals surface area contributed by atoms with Crippen LogP contribution < -0.4 is 9.47 Å². The molecule has 0 bridgehead atoms. The highest BCUT2D eigenvalue weighted by atomic mass is 79.9. The summed E-state index contributed by atoms with van der Waals surface area (Å²) in [6.45, 7) is 5.56. The first kappa shape index (κ1) is 20.8. The molecule has 0 unspecified atom stereocenters. The van der Waals surface area contributed by atoms with Gasteiger partial charge in [0.05, 0.1) is 35.7 Å². The number of halogens is 1. The minimum atomic E-state index is -0.308.